The average Bonchev–Trinajstić information content (AvgIpc) is 2.96. The summed E-state index contributed by atoms with van der Waals surface area (Å²) < 4.78 is 2.12. The first-order chi connectivity index (χ1) is 10.3. The number of nitrogens with two attached hydrogens (primary N) is 1. The normalized spacial score (nSPS) is 10.7. The van der Waals surface area contributed by atoms with Gasteiger partial charge < -0.3 is 10.3 Å². The molecule has 0 spiro atoms. The van der Waals surface area contributed by atoms with Crippen molar-refractivity contribution < 1.29 is 0 Å². The Hall–Kier alpha value is -2.62. The fourth-order valence-electron chi connectivity index (χ4n) is 2.37. The van der Waals surface area contributed by atoms with Crippen LogP contribution in [0.4, 0.5) is 5.82 Å². The molecule has 0 atom stereocenters. The van der Waals surface area contributed by atoms with Crippen molar-refractivity contribution in [3.8, 4) is 11.3 Å². The van der Waals surface area contributed by atoms with Gasteiger partial charge in [0.25, 0.3) is 0 Å². The first-order valence-corrected chi connectivity index (χ1v) is 7.06. The van der Waals surface area contributed by atoms with Gasteiger partial charge in [0, 0.05) is 18.3 Å². The van der Waals surface area contributed by atoms with Gasteiger partial charge in [-0.3, -0.25) is 0 Å². The van der Waals surface area contributed by atoms with E-state index in [0.29, 0.717) is 5.82 Å². The van der Waals surface area contributed by atoms with Crippen molar-refractivity contribution >= 4 is 5.82 Å². The van der Waals surface area contributed by atoms with Crippen LogP contribution < -0.4 is 5.73 Å². The van der Waals surface area contributed by atoms with Crippen LogP contribution in [0.5, 0.6) is 0 Å². The van der Waals surface area contributed by atoms with Crippen molar-refractivity contribution in [2.45, 2.75) is 19.9 Å². The molecular formula is C17H18N4. The topological polar surface area (TPSA) is 56.7 Å². The van der Waals surface area contributed by atoms with Gasteiger partial charge in [-0.25, -0.2) is 9.97 Å². The number of imidazole rings is 1. The molecule has 0 bridgehead atoms. The van der Waals surface area contributed by atoms with Gasteiger partial charge in [-0.05, 0) is 29.7 Å². The Balaban J connectivity index is 1.88. The summed E-state index contributed by atoms with van der Waals surface area (Å²) in [5, 5.41) is 0. The van der Waals surface area contributed by atoms with E-state index in [4.69, 9.17) is 5.73 Å². The van der Waals surface area contributed by atoms with Crippen LogP contribution in [0.2, 0.25) is 0 Å². The van der Waals surface area contributed by atoms with Crippen LogP contribution in [0, 0.1) is 0 Å². The quantitative estimate of drug-likeness (QED) is 0.797. The Kier molecular flexibility index (Phi) is 3.69. The average molecular weight is 278 g/mol. The fraction of sp³-hybridized carbons (Fsp3) is 0.176. The van der Waals surface area contributed by atoms with Gasteiger partial charge in [0.15, 0.2) is 0 Å². The Morgan fingerprint density at radius 1 is 1.10 bits per heavy atom. The predicted molar refractivity (Wildman–Crippen MR) is 84.8 cm³/mol. The Bertz CT molecular complexity index is 729. The molecule has 0 fully saturated rings. The molecule has 3 rings (SSSR count). The van der Waals surface area contributed by atoms with E-state index in [2.05, 4.69) is 45.7 Å². The van der Waals surface area contributed by atoms with Crippen molar-refractivity contribution in [2.24, 2.45) is 0 Å². The summed E-state index contributed by atoms with van der Waals surface area (Å²) in [6, 6.07) is 12.5. The second kappa shape index (κ2) is 5.79. The first kappa shape index (κ1) is 13.4. The van der Waals surface area contributed by atoms with Crippen molar-refractivity contribution in [3.05, 3.63) is 66.2 Å². The van der Waals surface area contributed by atoms with E-state index in [0.717, 1.165) is 24.2 Å². The monoisotopic (exact) mass is 278 g/mol. The SMILES string of the molecule is CCc1ccc(Cn2cncc2-c2ccnc(N)c2)cc1. The smallest absolute Gasteiger partial charge is 0.123 e. The van der Waals surface area contributed by atoms with Crippen LogP contribution >= 0.6 is 0 Å². The van der Waals surface area contributed by atoms with Crippen LogP contribution in [0.25, 0.3) is 11.3 Å². The molecule has 0 unspecified atom stereocenters. The van der Waals surface area contributed by atoms with E-state index in [-0.39, 0.29) is 0 Å². The van der Waals surface area contributed by atoms with E-state index in [1.807, 2.05) is 24.7 Å². The third-order valence-electron chi connectivity index (χ3n) is 3.57. The Morgan fingerprint density at radius 3 is 2.57 bits per heavy atom. The number of nitrogen functional groups attached to an aromatic ring is 1. The largest absolute Gasteiger partial charge is 0.384 e. The van der Waals surface area contributed by atoms with E-state index >= 15 is 0 Å². The van der Waals surface area contributed by atoms with Crippen molar-refractivity contribution in [3.63, 3.8) is 0 Å². The standard InChI is InChI=1S/C17H18N4/c1-2-13-3-5-14(6-4-13)11-21-12-19-10-16(21)15-7-8-20-17(18)9-15/h3-10,12H,2,11H2,1H3,(H2,18,20). The highest BCUT2D eigenvalue weighted by molar-refractivity contribution is 5.61. The molecule has 106 valence electrons. The van der Waals surface area contributed by atoms with Crippen molar-refractivity contribution in [2.75, 3.05) is 5.73 Å². The number of hydrogen-bond donors (Lipinski definition) is 1. The van der Waals surface area contributed by atoms with Crippen molar-refractivity contribution in [1.29, 1.82) is 0 Å². The molecule has 1 aromatic carbocycles. The van der Waals surface area contributed by atoms with E-state index in [1.54, 1.807) is 6.20 Å². The summed E-state index contributed by atoms with van der Waals surface area (Å²) in [5.41, 5.74) is 10.4. The molecule has 0 aliphatic heterocycles. The minimum absolute atomic E-state index is 0.521. The maximum absolute atomic E-state index is 5.76. The molecule has 0 saturated heterocycles. The highest BCUT2D eigenvalue weighted by Gasteiger charge is 2.06. The molecule has 2 heterocycles. The molecule has 4 heteroatoms. The highest BCUT2D eigenvalue weighted by atomic mass is 15.0. The van der Waals surface area contributed by atoms with Crippen LogP contribution in [-0.2, 0) is 13.0 Å². The third kappa shape index (κ3) is 2.94. The number of hydrogen-bond acceptors (Lipinski definition) is 3. The molecule has 0 saturated carbocycles. The van der Waals surface area contributed by atoms with Crippen molar-refractivity contribution in [1.82, 2.24) is 14.5 Å². The molecule has 2 aromatic heterocycles. The van der Waals surface area contributed by atoms with Gasteiger partial charge in [-0.15, -0.1) is 0 Å². The Labute approximate surface area is 124 Å². The zero-order valence-corrected chi connectivity index (χ0v) is 12.0. The molecule has 0 aliphatic rings. The zero-order valence-electron chi connectivity index (χ0n) is 12.0. The van der Waals surface area contributed by atoms with Gasteiger partial charge in [0.2, 0.25) is 0 Å². The molecule has 0 amide bonds. The van der Waals surface area contributed by atoms with Gasteiger partial charge in [-0.2, -0.15) is 0 Å². The maximum Gasteiger partial charge on any atom is 0.123 e. The van der Waals surface area contributed by atoms with Crippen LogP contribution in [0.15, 0.2) is 55.1 Å². The van der Waals surface area contributed by atoms with E-state index in [1.165, 1.54) is 11.1 Å². The number of aryl methyl sites for hydroxylation is 1. The number of nitrogens with zero attached hydrogens (tertiary/aromatic N) is 3. The lowest BCUT2D eigenvalue weighted by Gasteiger charge is -2.09. The van der Waals surface area contributed by atoms with Gasteiger partial charge >= 0.3 is 0 Å². The second-order valence-corrected chi connectivity index (χ2v) is 5.05. The third-order valence-corrected chi connectivity index (χ3v) is 3.57. The van der Waals surface area contributed by atoms with Crippen LogP contribution in [-0.4, -0.2) is 14.5 Å². The lowest BCUT2D eigenvalue weighted by Crippen LogP contribution is -2.01. The minimum Gasteiger partial charge on any atom is -0.384 e. The van der Waals surface area contributed by atoms with Gasteiger partial charge in [-0.1, -0.05) is 31.2 Å². The van der Waals surface area contributed by atoms with Crippen LogP contribution in [0.3, 0.4) is 0 Å². The zero-order chi connectivity index (χ0) is 14.7. The predicted octanol–water partition coefficient (Wildman–Crippen LogP) is 3.14. The fourth-order valence-corrected chi connectivity index (χ4v) is 2.37. The summed E-state index contributed by atoms with van der Waals surface area (Å²) >= 11 is 0. The Morgan fingerprint density at radius 2 is 1.86 bits per heavy atom. The molecular weight excluding hydrogens is 260 g/mol. The molecule has 0 radical (unpaired) electrons. The molecule has 4 nitrogen and oxygen atoms in total. The molecule has 2 N–H and O–H groups in total. The lowest BCUT2D eigenvalue weighted by molar-refractivity contribution is 0.804. The number of anilines is 1. The summed E-state index contributed by atoms with van der Waals surface area (Å²) in [7, 11) is 0. The number of rotatable bonds is 4. The van der Waals surface area contributed by atoms with Gasteiger partial charge in [0.05, 0.1) is 18.2 Å². The molecule has 0 aliphatic carbocycles. The molecule has 21 heavy (non-hydrogen) atoms. The second-order valence-electron chi connectivity index (χ2n) is 5.05. The minimum atomic E-state index is 0.521. The summed E-state index contributed by atoms with van der Waals surface area (Å²) in [6.45, 7) is 2.96. The maximum atomic E-state index is 5.76. The number of benzene rings is 1. The molecule has 3 aromatic rings. The number of aromatic nitrogens is 3. The summed E-state index contributed by atoms with van der Waals surface area (Å²) in [5.74, 6) is 0.521. The lowest BCUT2D eigenvalue weighted by atomic mass is 10.1. The number of pyridine rings is 1. The highest BCUT2D eigenvalue weighted by Crippen LogP contribution is 2.21. The summed E-state index contributed by atoms with van der Waals surface area (Å²) in [6.07, 6.45) is 6.49. The summed E-state index contributed by atoms with van der Waals surface area (Å²) in [4.78, 5) is 8.29. The van der Waals surface area contributed by atoms with Gasteiger partial charge in [0.1, 0.15) is 5.82 Å². The van der Waals surface area contributed by atoms with E-state index in [9.17, 15) is 0 Å². The van der Waals surface area contributed by atoms with Crippen LogP contribution in [0.1, 0.15) is 18.1 Å². The first-order valence-electron chi connectivity index (χ1n) is 7.06. The van der Waals surface area contributed by atoms with E-state index < -0.39 is 0 Å².